The summed E-state index contributed by atoms with van der Waals surface area (Å²) in [7, 11) is 1.65. The van der Waals surface area contributed by atoms with Gasteiger partial charge in [-0.05, 0) is 6.92 Å². The van der Waals surface area contributed by atoms with Gasteiger partial charge in [-0.25, -0.2) is 0 Å². The Morgan fingerprint density at radius 2 is 2.45 bits per heavy atom. The van der Waals surface area contributed by atoms with Crippen molar-refractivity contribution < 1.29 is 9.84 Å². The number of aliphatic imine (C=N–C) groups is 1. The largest absolute Gasteiger partial charge is 0.395 e. The summed E-state index contributed by atoms with van der Waals surface area (Å²) < 4.78 is 4.93. The maximum Gasteiger partial charge on any atom is 0.0941 e. The van der Waals surface area contributed by atoms with Gasteiger partial charge in [0.05, 0.1) is 29.5 Å². The van der Waals surface area contributed by atoms with Crippen LogP contribution in [0.4, 0.5) is 0 Å². The summed E-state index contributed by atoms with van der Waals surface area (Å²) in [5.74, 6) is 0. The average Bonchev–Trinajstić information content (AvgIpc) is 2.32. The Kier molecular flexibility index (Phi) is 3.36. The van der Waals surface area contributed by atoms with Crippen LogP contribution in [0.5, 0.6) is 0 Å². The lowest BCUT2D eigenvalue weighted by molar-refractivity contribution is 0.247. The molecule has 0 aromatic carbocycles. The predicted octanol–water partition coefficient (Wildman–Crippen LogP) is 0.528. The van der Waals surface area contributed by atoms with E-state index in [0.29, 0.717) is 6.61 Å². The molecule has 0 aromatic heterocycles. The zero-order valence-corrected chi connectivity index (χ0v) is 7.60. The number of thioether (sulfide) groups is 1. The van der Waals surface area contributed by atoms with Crippen molar-refractivity contribution in [3.63, 3.8) is 0 Å². The van der Waals surface area contributed by atoms with Crippen molar-refractivity contribution in [2.45, 2.75) is 18.2 Å². The van der Waals surface area contributed by atoms with Crippen LogP contribution in [-0.4, -0.2) is 41.8 Å². The number of nitrogens with zero attached hydrogens (tertiary/aromatic N) is 1. The molecule has 1 aliphatic rings. The van der Waals surface area contributed by atoms with E-state index in [1.165, 1.54) is 0 Å². The van der Waals surface area contributed by atoms with E-state index in [0.717, 1.165) is 5.04 Å². The Bertz CT molecular complexity index is 161. The molecule has 0 aromatic rings. The standard InChI is InChI=1S/C7H13NO2S/c1-5-6(3-9)11-7(8-5)4-10-2/h5-6,9H,3-4H2,1-2H3. The molecule has 3 nitrogen and oxygen atoms in total. The van der Waals surface area contributed by atoms with Gasteiger partial charge >= 0.3 is 0 Å². The fourth-order valence-corrected chi connectivity index (χ4v) is 2.09. The van der Waals surface area contributed by atoms with E-state index in [2.05, 4.69) is 4.99 Å². The Labute approximate surface area is 70.8 Å². The number of hydrogen-bond donors (Lipinski definition) is 1. The maximum absolute atomic E-state index is 8.89. The van der Waals surface area contributed by atoms with Gasteiger partial charge in [0, 0.05) is 7.11 Å². The monoisotopic (exact) mass is 175 g/mol. The fourth-order valence-electron chi connectivity index (χ4n) is 0.998. The van der Waals surface area contributed by atoms with Crippen LogP contribution in [0.3, 0.4) is 0 Å². The molecule has 0 saturated heterocycles. The molecular formula is C7H13NO2S. The van der Waals surface area contributed by atoms with Crippen molar-refractivity contribution in [2.24, 2.45) is 4.99 Å². The summed E-state index contributed by atoms with van der Waals surface area (Å²) in [5.41, 5.74) is 0. The van der Waals surface area contributed by atoms with Crippen molar-refractivity contribution in [1.82, 2.24) is 0 Å². The van der Waals surface area contributed by atoms with Gasteiger partial charge in [0.15, 0.2) is 0 Å². The van der Waals surface area contributed by atoms with Gasteiger partial charge in [-0.15, -0.1) is 11.8 Å². The summed E-state index contributed by atoms with van der Waals surface area (Å²) in [4.78, 5) is 4.33. The third kappa shape index (κ3) is 2.18. The predicted molar refractivity (Wildman–Crippen MR) is 47.2 cm³/mol. The summed E-state index contributed by atoms with van der Waals surface area (Å²) >= 11 is 1.62. The second kappa shape index (κ2) is 4.09. The molecule has 2 unspecified atom stereocenters. The molecule has 4 heteroatoms. The first-order chi connectivity index (χ1) is 5.27. The van der Waals surface area contributed by atoms with Crippen molar-refractivity contribution in [3.8, 4) is 0 Å². The van der Waals surface area contributed by atoms with Crippen LogP contribution in [0.15, 0.2) is 4.99 Å². The lowest BCUT2D eigenvalue weighted by atomic mass is 10.2. The molecule has 0 bridgehead atoms. The molecule has 0 saturated carbocycles. The minimum atomic E-state index is 0.197. The lowest BCUT2D eigenvalue weighted by Crippen LogP contribution is -2.17. The molecule has 1 rings (SSSR count). The number of rotatable bonds is 3. The Morgan fingerprint density at radius 1 is 1.73 bits per heavy atom. The lowest BCUT2D eigenvalue weighted by Gasteiger charge is -2.07. The molecule has 0 spiro atoms. The topological polar surface area (TPSA) is 41.8 Å². The van der Waals surface area contributed by atoms with Gasteiger partial charge in [-0.2, -0.15) is 0 Å². The van der Waals surface area contributed by atoms with Crippen molar-refractivity contribution in [3.05, 3.63) is 0 Å². The summed E-state index contributed by atoms with van der Waals surface area (Å²) in [5, 5.41) is 10.1. The van der Waals surface area contributed by atoms with Crippen LogP contribution in [-0.2, 0) is 4.74 Å². The zero-order valence-electron chi connectivity index (χ0n) is 6.78. The Balaban J connectivity index is 2.42. The molecule has 0 fully saturated rings. The van der Waals surface area contributed by atoms with Gasteiger partial charge in [0.25, 0.3) is 0 Å². The van der Waals surface area contributed by atoms with Crippen molar-refractivity contribution >= 4 is 16.8 Å². The highest BCUT2D eigenvalue weighted by atomic mass is 32.2. The zero-order chi connectivity index (χ0) is 8.27. The van der Waals surface area contributed by atoms with E-state index in [1.807, 2.05) is 6.92 Å². The first kappa shape index (κ1) is 9.03. The average molecular weight is 175 g/mol. The molecule has 11 heavy (non-hydrogen) atoms. The minimum absolute atomic E-state index is 0.197. The smallest absolute Gasteiger partial charge is 0.0941 e. The molecule has 1 N–H and O–H groups in total. The highest BCUT2D eigenvalue weighted by Gasteiger charge is 2.25. The van der Waals surface area contributed by atoms with Gasteiger partial charge in [0.2, 0.25) is 0 Å². The molecule has 2 atom stereocenters. The number of methoxy groups -OCH3 is 1. The fraction of sp³-hybridized carbons (Fsp3) is 0.857. The van der Waals surface area contributed by atoms with E-state index in [9.17, 15) is 0 Å². The molecule has 64 valence electrons. The molecule has 0 radical (unpaired) electrons. The molecular weight excluding hydrogens is 162 g/mol. The minimum Gasteiger partial charge on any atom is -0.395 e. The van der Waals surface area contributed by atoms with E-state index in [-0.39, 0.29) is 17.9 Å². The van der Waals surface area contributed by atoms with E-state index in [4.69, 9.17) is 9.84 Å². The second-order valence-corrected chi connectivity index (χ2v) is 3.85. The van der Waals surface area contributed by atoms with Gasteiger partial charge < -0.3 is 9.84 Å². The number of hydrogen-bond acceptors (Lipinski definition) is 4. The highest BCUT2D eigenvalue weighted by Crippen LogP contribution is 2.26. The normalized spacial score (nSPS) is 30.6. The summed E-state index contributed by atoms with van der Waals surface area (Å²) in [6.07, 6.45) is 0. The first-order valence-electron chi connectivity index (χ1n) is 3.61. The second-order valence-electron chi connectivity index (χ2n) is 2.54. The van der Waals surface area contributed by atoms with E-state index in [1.54, 1.807) is 18.9 Å². The van der Waals surface area contributed by atoms with Gasteiger partial charge in [0.1, 0.15) is 0 Å². The maximum atomic E-state index is 8.89. The van der Waals surface area contributed by atoms with Crippen LogP contribution < -0.4 is 0 Å². The molecule has 0 aliphatic carbocycles. The highest BCUT2D eigenvalue weighted by molar-refractivity contribution is 8.14. The Hall–Kier alpha value is -0.0600. The SMILES string of the molecule is COCC1=NC(C)C(CO)S1. The first-order valence-corrected chi connectivity index (χ1v) is 4.49. The number of aliphatic hydroxyl groups excluding tert-OH is 1. The van der Waals surface area contributed by atoms with Crippen LogP contribution in [0.25, 0.3) is 0 Å². The van der Waals surface area contributed by atoms with Gasteiger partial charge in [-0.3, -0.25) is 4.99 Å². The van der Waals surface area contributed by atoms with Crippen molar-refractivity contribution in [2.75, 3.05) is 20.3 Å². The third-order valence-electron chi connectivity index (χ3n) is 1.62. The third-order valence-corrected chi connectivity index (χ3v) is 2.96. The Morgan fingerprint density at radius 3 is 2.91 bits per heavy atom. The molecule has 1 heterocycles. The number of ether oxygens (including phenoxy) is 1. The quantitative estimate of drug-likeness (QED) is 0.680. The summed E-state index contributed by atoms with van der Waals surface area (Å²) in [6, 6.07) is 0.232. The van der Waals surface area contributed by atoms with E-state index >= 15 is 0 Å². The number of aliphatic hydroxyl groups is 1. The van der Waals surface area contributed by atoms with Crippen LogP contribution in [0.2, 0.25) is 0 Å². The van der Waals surface area contributed by atoms with Crippen LogP contribution >= 0.6 is 11.8 Å². The van der Waals surface area contributed by atoms with Crippen LogP contribution in [0, 0.1) is 0 Å². The van der Waals surface area contributed by atoms with Gasteiger partial charge in [-0.1, -0.05) is 0 Å². The summed E-state index contributed by atoms with van der Waals surface area (Å²) in [6.45, 7) is 2.78. The molecule has 1 aliphatic heterocycles. The molecule has 0 amide bonds. The van der Waals surface area contributed by atoms with Crippen molar-refractivity contribution in [1.29, 1.82) is 0 Å². The van der Waals surface area contributed by atoms with Crippen LogP contribution in [0.1, 0.15) is 6.92 Å². The van der Waals surface area contributed by atoms with E-state index < -0.39 is 0 Å².